The number of likely N-dealkylation sites (tertiary alicyclic amines) is 1. The average Bonchev–Trinajstić information content (AvgIpc) is 3.20. The molecule has 0 saturated carbocycles. The summed E-state index contributed by atoms with van der Waals surface area (Å²) in [6.07, 6.45) is 1.60. The highest BCUT2D eigenvalue weighted by Crippen LogP contribution is 2.42. The van der Waals surface area contributed by atoms with Crippen LogP contribution in [0.1, 0.15) is 64.6 Å². The molecule has 1 fully saturated rings. The van der Waals surface area contributed by atoms with E-state index in [0.717, 1.165) is 26.1 Å². The number of rotatable bonds is 15. The largest absolute Gasteiger partial charge is 0.507 e. The molecule has 1 aliphatic heterocycles. The van der Waals surface area contributed by atoms with Crippen molar-refractivity contribution >= 4 is 17.4 Å². The summed E-state index contributed by atoms with van der Waals surface area (Å²) >= 11 is 0. The summed E-state index contributed by atoms with van der Waals surface area (Å²) in [5, 5.41) is 11.4. The third-order valence-electron chi connectivity index (χ3n) is 7.21. The van der Waals surface area contributed by atoms with Crippen LogP contribution in [-0.2, 0) is 9.59 Å². The lowest BCUT2D eigenvalue weighted by molar-refractivity contribution is -0.140. The molecule has 218 valence electrons. The van der Waals surface area contributed by atoms with Crippen molar-refractivity contribution in [3.8, 4) is 17.2 Å². The molecule has 40 heavy (non-hydrogen) atoms. The van der Waals surface area contributed by atoms with E-state index in [1.165, 1.54) is 0 Å². The molecule has 0 aromatic heterocycles. The maximum atomic E-state index is 13.4. The van der Waals surface area contributed by atoms with Gasteiger partial charge in [0, 0.05) is 12.1 Å². The summed E-state index contributed by atoms with van der Waals surface area (Å²) in [6.45, 7) is 14.4. The lowest BCUT2D eigenvalue weighted by Crippen LogP contribution is -2.33. The molecule has 1 heterocycles. The van der Waals surface area contributed by atoms with Gasteiger partial charge in [0.15, 0.2) is 11.5 Å². The number of amides is 1. The predicted octanol–water partition coefficient (Wildman–Crippen LogP) is 5.67. The Morgan fingerprint density at radius 1 is 1.00 bits per heavy atom. The van der Waals surface area contributed by atoms with Gasteiger partial charge in [-0.05, 0) is 87.3 Å². The predicted molar refractivity (Wildman–Crippen MR) is 157 cm³/mol. The van der Waals surface area contributed by atoms with Gasteiger partial charge in [0.2, 0.25) is 0 Å². The molecule has 2 aromatic rings. The minimum absolute atomic E-state index is 0.0638. The van der Waals surface area contributed by atoms with Crippen LogP contribution in [-0.4, -0.2) is 73.1 Å². The van der Waals surface area contributed by atoms with E-state index in [0.29, 0.717) is 60.5 Å². The van der Waals surface area contributed by atoms with Crippen molar-refractivity contribution in [2.45, 2.75) is 53.5 Å². The summed E-state index contributed by atoms with van der Waals surface area (Å²) in [5.74, 6) is 0.753. The molecule has 1 atom stereocenters. The van der Waals surface area contributed by atoms with E-state index in [9.17, 15) is 14.7 Å². The molecule has 1 saturated heterocycles. The number of nitrogens with zero attached hydrogens (tertiary/aromatic N) is 2. The Hall–Kier alpha value is -3.52. The number of carbonyl (C=O) groups excluding carboxylic acids is 2. The van der Waals surface area contributed by atoms with Crippen LogP contribution in [0.2, 0.25) is 0 Å². The number of aliphatic hydroxyl groups excluding tert-OH is 1. The van der Waals surface area contributed by atoms with Gasteiger partial charge in [-0.25, -0.2) is 0 Å². The number of ketones is 1. The van der Waals surface area contributed by atoms with Crippen molar-refractivity contribution in [3.63, 3.8) is 0 Å². The molecule has 8 heteroatoms. The first-order chi connectivity index (χ1) is 19.2. The van der Waals surface area contributed by atoms with Gasteiger partial charge in [-0.2, -0.15) is 0 Å². The second-order valence-corrected chi connectivity index (χ2v) is 10.3. The van der Waals surface area contributed by atoms with E-state index >= 15 is 0 Å². The zero-order valence-corrected chi connectivity index (χ0v) is 24.7. The number of aliphatic hydroxyl groups is 1. The number of ether oxygens (including phenoxy) is 3. The number of benzene rings is 2. The molecule has 3 rings (SSSR count). The Kier molecular flexibility index (Phi) is 11.4. The minimum atomic E-state index is -0.761. The Morgan fingerprint density at radius 2 is 1.70 bits per heavy atom. The fourth-order valence-corrected chi connectivity index (χ4v) is 4.85. The number of carbonyl (C=O) groups is 2. The van der Waals surface area contributed by atoms with Crippen molar-refractivity contribution in [1.82, 2.24) is 9.80 Å². The fraction of sp³-hybridized carbons (Fsp3) is 0.500. The molecule has 8 nitrogen and oxygen atoms in total. The van der Waals surface area contributed by atoms with E-state index in [4.69, 9.17) is 14.2 Å². The monoisotopic (exact) mass is 552 g/mol. The molecule has 0 radical (unpaired) electrons. The van der Waals surface area contributed by atoms with Crippen LogP contribution >= 0.6 is 0 Å². The van der Waals surface area contributed by atoms with Gasteiger partial charge in [-0.1, -0.05) is 33.8 Å². The van der Waals surface area contributed by atoms with E-state index in [-0.39, 0.29) is 11.3 Å². The van der Waals surface area contributed by atoms with E-state index in [1.807, 2.05) is 25.1 Å². The van der Waals surface area contributed by atoms with Crippen LogP contribution in [0.3, 0.4) is 0 Å². The molecule has 1 aliphatic rings. The van der Waals surface area contributed by atoms with Crippen LogP contribution in [0.15, 0.2) is 48.0 Å². The standard InChI is InChI=1S/C32H44N2O6/c1-7-33(8-2)18-10-19-34-29(24-13-16-26(27(21-24)39-9-3)40-20-17-22(4)5)28(31(36)32(34)37)30(35)23-11-14-25(38-6)15-12-23/h11-16,21-22,29,35H,7-10,17-20H2,1-6H3/b30-28+. The second-order valence-electron chi connectivity index (χ2n) is 10.3. The summed E-state index contributed by atoms with van der Waals surface area (Å²) in [4.78, 5) is 30.7. The highest BCUT2D eigenvalue weighted by Gasteiger charge is 2.46. The van der Waals surface area contributed by atoms with E-state index in [2.05, 4.69) is 32.6 Å². The number of hydrogen-bond acceptors (Lipinski definition) is 7. The van der Waals surface area contributed by atoms with Gasteiger partial charge in [-0.3, -0.25) is 9.59 Å². The fourth-order valence-electron chi connectivity index (χ4n) is 4.85. The van der Waals surface area contributed by atoms with Crippen LogP contribution in [0.5, 0.6) is 17.2 Å². The molecule has 1 amide bonds. The Morgan fingerprint density at radius 3 is 2.30 bits per heavy atom. The first-order valence-electron chi connectivity index (χ1n) is 14.3. The maximum absolute atomic E-state index is 13.4. The van der Waals surface area contributed by atoms with Gasteiger partial charge in [0.25, 0.3) is 11.7 Å². The summed E-state index contributed by atoms with van der Waals surface area (Å²) < 4.78 is 17.2. The van der Waals surface area contributed by atoms with Gasteiger partial charge in [0.05, 0.1) is 31.9 Å². The smallest absolute Gasteiger partial charge is 0.295 e. The van der Waals surface area contributed by atoms with Gasteiger partial charge in [-0.15, -0.1) is 0 Å². The van der Waals surface area contributed by atoms with Crippen LogP contribution in [0.25, 0.3) is 5.76 Å². The Bertz CT molecular complexity index is 1170. The van der Waals surface area contributed by atoms with Crippen LogP contribution in [0.4, 0.5) is 0 Å². The van der Waals surface area contributed by atoms with Crippen molar-refractivity contribution in [3.05, 3.63) is 59.2 Å². The molecule has 0 bridgehead atoms. The molecule has 1 N–H and O–H groups in total. The van der Waals surface area contributed by atoms with E-state index < -0.39 is 17.7 Å². The normalized spacial score (nSPS) is 16.7. The minimum Gasteiger partial charge on any atom is -0.507 e. The summed E-state index contributed by atoms with van der Waals surface area (Å²) in [7, 11) is 1.56. The highest BCUT2D eigenvalue weighted by molar-refractivity contribution is 6.46. The number of Topliss-reactive ketones (excluding diaryl/α,β-unsaturated/α-hetero) is 1. The molecule has 1 unspecified atom stereocenters. The zero-order valence-electron chi connectivity index (χ0n) is 24.7. The van der Waals surface area contributed by atoms with Crippen molar-refractivity contribution < 1.29 is 28.9 Å². The lowest BCUT2D eigenvalue weighted by Gasteiger charge is -2.27. The first-order valence-corrected chi connectivity index (χ1v) is 14.3. The number of methoxy groups -OCH3 is 1. The third-order valence-corrected chi connectivity index (χ3v) is 7.21. The lowest BCUT2D eigenvalue weighted by atomic mass is 9.95. The maximum Gasteiger partial charge on any atom is 0.295 e. The molecular formula is C32H44N2O6. The Labute approximate surface area is 238 Å². The summed E-state index contributed by atoms with van der Waals surface area (Å²) in [6, 6.07) is 11.5. The van der Waals surface area contributed by atoms with Crippen molar-refractivity contribution in [1.29, 1.82) is 0 Å². The average molecular weight is 553 g/mol. The molecule has 0 aliphatic carbocycles. The Balaban J connectivity index is 2.06. The van der Waals surface area contributed by atoms with E-state index in [1.54, 1.807) is 36.3 Å². The van der Waals surface area contributed by atoms with Gasteiger partial charge < -0.3 is 29.1 Å². The van der Waals surface area contributed by atoms with Crippen LogP contribution < -0.4 is 14.2 Å². The van der Waals surface area contributed by atoms with Crippen LogP contribution in [0, 0.1) is 5.92 Å². The molecule has 0 spiro atoms. The molecule has 2 aromatic carbocycles. The number of hydrogen-bond donors (Lipinski definition) is 1. The quantitative estimate of drug-likeness (QED) is 0.173. The van der Waals surface area contributed by atoms with Crippen molar-refractivity contribution in [2.24, 2.45) is 5.92 Å². The second kappa shape index (κ2) is 14.7. The topological polar surface area (TPSA) is 88.5 Å². The van der Waals surface area contributed by atoms with Crippen molar-refractivity contribution in [2.75, 3.05) is 46.5 Å². The SMILES string of the molecule is CCOc1cc(C2/C(=C(\O)c3ccc(OC)cc3)C(=O)C(=O)N2CCCN(CC)CC)ccc1OCCC(C)C. The first kappa shape index (κ1) is 31.0. The molecular weight excluding hydrogens is 508 g/mol. The van der Waals surface area contributed by atoms with Gasteiger partial charge in [0.1, 0.15) is 11.5 Å². The highest BCUT2D eigenvalue weighted by atomic mass is 16.5. The van der Waals surface area contributed by atoms with Gasteiger partial charge >= 0.3 is 0 Å². The summed E-state index contributed by atoms with van der Waals surface area (Å²) in [5.41, 5.74) is 1.18. The third kappa shape index (κ3) is 7.36. The zero-order chi connectivity index (χ0) is 29.2.